The Hall–Kier alpha value is -3.15. The van der Waals surface area contributed by atoms with Crippen LogP contribution in [0.1, 0.15) is 61.4 Å². The summed E-state index contributed by atoms with van der Waals surface area (Å²) in [5.74, 6) is 6.46. The third-order valence-corrected chi connectivity index (χ3v) is 7.89. The summed E-state index contributed by atoms with van der Waals surface area (Å²) in [4.78, 5) is 27.7. The first-order chi connectivity index (χ1) is 15.8. The SMILES string of the molecule is O=C(N1C[C@@H]2C[C@H]1c1cncc(C#Cc3ccncn3)c1O2)C12CCC(C(F)(F)F)(CC1)C2. The van der Waals surface area contributed by atoms with E-state index in [1.54, 1.807) is 29.6 Å². The number of hydrogen-bond acceptors (Lipinski definition) is 5. The van der Waals surface area contributed by atoms with Gasteiger partial charge in [0.2, 0.25) is 5.91 Å². The van der Waals surface area contributed by atoms with E-state index in [1.807, 2.05) is 0 Å². The van der Waals surface area contributed by atoms with Gasteiger partial charge in [0.05, 0.1) is 29.0 Å². The number of hydrogen-bond donors (Lipinski definition) is 0. The Bertz CT molecular complexity index is 1180. The molecule has 0 unspecified atom stereocenters. The topological polar surface area (TPSA) is 68.2 Å². The Morgan fingerprint density at radius 1 is 1.15 bits per heavy atom. The fourth-order valence-corrected chi connectivity index (χ4v) is 6.17. The molecule has 0 aromatic carbocycles. The van der Waals surface area contributed by atoms with Crippen molar-refractivity contribution in [1.29, 1.82) is 0 Å². The monoisotopic (exact) mass is 454 g/mol. The second-order valence-corrected chi connectivity index (χ2v) is 9.63. The van der Waals surface area contributed by atoms with Crippen molar-refractivity contribution in [3.8, 4) is 17.6 Å². The fourth-order valence-electron chi connectivity index (χ4n) is 6.17. The van der Waals surface area contributed by atoms with Crippen molar-refractivity contribution >= 4 is 5.91 Å². The largest absolute Gasteiger partial charge is 0.487 e. The zero-order valence-electron chi connectivity index (χ0n) is 17.7. The fraction of sp³-hybridized carbons (Fsp3) is 0.500. The molecule has 6 nitrogen and oxygen atoms in total. The number of ether oxygens (including phenoxy) is 1. The van der Waals surface area contributed by atoms with Crippen molar-refractivity contribution < 1.29 is 22.7 Å². The molecule has 0 radical (unpaired) electrons. The summed E-state index contributed by atoms with van der Waals surface area (Å²) in [5.41, 5.74) is -0.678. The summed E-state index contributed by atoms with van der Waals surface area (Å²) in [5, 5.41) is 0. The first kappa shape index (κ1) is 20.5. The molecule has 1 amide bonds. The van der Waals surface area contributed by atoms with Gasteiger partial charge in [0.1, 0.15) is 23.9 Å². The van der Waals surface area contributed by atoms with Crippen LogP contribution in [0.2, 0.25) is 0 Å². The molecule has 2 atom stereocenters. The van der Waals surface area contributed by atoms with Crippen LogP contribution >= 0.6 is 0 Å². The number of amides is 1. The molecule has 6 rings (SSSR count). The van der Waals surface area contributed by atoms with Crippen molar-refractivity contribution in [2.24, 2.45) is 10.8 Å². The Kier molecular flexibility index (Phi) is 4.29. The van der Waals surface area contributed by atoms with Gasteiger partial charge in [-0.05, 0) is 44.1 Å². The number of halogens is 3. The zero-order chi connectivity index (χ0) is 22.8. The second kappa shape index (κ2) is 6.92. The van der Waals surface area contributed by atoms with E-state index in [2.05, 4.69) is 26.8 Å². The predicted molar refractivity (Wildman–Crippen MR) is 110 cm³/mol. The summed E-state index contributed by atoms with van der Waals surface area (Å²) in [6.45, 7) is 0.373. The van der Waals surface area contributed by atoms with E-state index in [9.17, 15) is 18.0 Å². The Balaban J connectivity index is 1.30. The molecule has 2 aromatic heterocycles. The van der Waals surface area contributed by atoms with Gasteiger partial charge in [-0.15, -0.1) is 0 Å². The third-order valence-electron chi connectivity index (χ3n) is 7.89. The molecule has 170 valence electrons. The molecule has 0 N–H and O–H groups in total. The number of nitrogens with zero attached hydrogens (tertiary/aromatic N) is 4. The van der Waals surface area contributed by atoms with Crippen LogP contribution in [0.25, 0.3) is 0 Å². The number of alkyl halides is 3. The lowest BCUT2D eigenvalue weighted by molar-refractivity contribution is -0.220. The van der Waals surface area contributed by atoms with Gasteiger partial charge in [0, 0.05) is 30.6 Å². The van der Waals surface area contributed by atoms with Crippen LogP contribution in [0.15, 0.2) is 31.0 Å². The Labute approximate surface area is 188 Å². The van der Waals surface area contributed by atoms with Crippen molar-refractivity contribution in [2.75, 3.05) is 6.54 Å². The minimum atomic E-state index is -4.26. The highest BCUT2D eigenvalue weighted by molar-refractivity contribution is 5.85. The normalized spacial score (nSPS) is 31.5. The van der Waals surface area contributed by atoms with Crippen LogP contribution in [-0.4, -0.2) is 44.6 Å². The van der Waals surface area contributed by atoms with Gasteiger partial charge in [-0.2, -0.15) is 13.2 Å². The number of rotatable bonds is 1. The minimum absolute atomic E-state index is 0.0433. The second-order valence-electron chi connectivity index (χ2n) is 9.63. The van der Waals surface area contributed by atoms with Gasteiger partial charge in [-0.1, -0.05) is 5.92 Å². The molecular formula is C24H21F3N4O2. The number of pyridine rings is 1. The molecule has 0 spiro atoms. The van der Waals surface area contributed by atoms with Crippen LogP contribution in [0.3, 0.4) is 0 Å². The molecule has 1 saturated heterocycles. The van der Waals surface area contributed by atoms with Crippen molar-refractivity contribution in [1.82, 2.24) is 19.9 Å². The summed E-state index contributed by atoms with van der Waals surface area (Å²) < 4.78 is 47.4. The van der Waals surface area contributed by atoms with E-state index in [-0.39, 0.29) is 37.3 Å². The lowest BCUT2D eigenvalue weighted by Crippen LogP contribution is -2.41. The minimum Gasteiger partial charge on any atom is -0.487 e. The Morgan fingerprint density at radius 2 is 1.97 bits per heavy atom. The third kappa shape index (κ3) is 3.03. The van der Waals surface area contributed by atoms with E-state index in [4.69, 9.17) is 4.74 Å². The molecule has 2 aromatic rings. The maximum atomic E-state index is 13.7. The van der Waals surface area contributed by atoms with Gasteiger partial charge in [-0.3, -0.25) is 9.78 Å². The van der Waals surface area contributed by atoms with Crippen molar-refractivity contribution in [2.45, 2.75) is 56.8 Å². The van der Waals surface area contributed by atoms with E-state index < -0.39 is 17.0 Å². The average molecular weight is 454 g/mol. The quantitative estimate of drug-likeness (QED) is 0.613. The first-order valence-corrected chi connectivity index (χ1v) is 11.1. The molecule has 33 heavy (non-hydrogen) atoms. The van der Waals surface area contributed by atoms with E-state index >= 15 is 0 Å². The highest BCUT2D eigenvalue weighted by Gasteiger charge is 2.69. The lowest BCUT2D eigenvalue weighted by Gasteiger charge is -2.34. The van der Waals surface area contributed by atoms with Crippen LogP contribution in [-0.2, 0) is 4.79 Å². The van der Waals surface area contributed by atoms with E-state index in [0.717, 1.165) is 5.56 Å². The number of likely N-dealkylation sites (tertiary alicyclic amines) is 1. The maximum Gasteiger partial charge on any atom is 0.394 e. The number of fused-ring (bicyclic) bond motifs is 6. The van der Waals surface area contributed by atoms with Gasteiger partial charge in [-0.25, -0.2) is 9.97 Å². The molecule has 3 fully saturated rings. The first-order valence-electron chi connectivity index (χ1n) is 11.1. The predicted octanol–water partition coefficient (Wildman–Crippen LogP) is 3.82. The van der Waals surface area contributed by atoms with Crippen molar-refractivity contribution in [3.05, 3.63) is 47.8 Å². The van der Waals surface area contributed by atoms with Crippen LogP contribution < -0.4 is 4.74 Å². The summed E-state index contributed by atoms with van der Waals surface area (Å²) in [7, 11) is 0. The summed E-state index contributed by atoms with van der Waals surface area (Å²) in [6.07, 6.45) is 3.07. The molecule has 4 aliphatic rings. The number of carbonyl (C=O) groups is 1. The summed E-state index contributed by atoms with van der Waals surface area (Å²) in [6, 6.07) is 1.44. The smallest absolute Gasteiger partial charge is 0.394 e. The van der Waals surface area contributed by atoms with Crippen LogP contribution in [0.5, 0.6) is 5.75 Å². The van der Waals surface area contributed by atoms with Gasteiger partial charge in [0.25, 0.3) is 0 Å². The molecule has 2 aliphatic heterocycles. The lowest BCUT2D eigenvalue weighted by atomic mass is 9.81. The molecule has 2 saturated carbocycles. The van der Waals surface area contributed by atoms with E-state index in [1.165, 1.54) is 6.33 Å². The van der Waals surface area contributed by atoms with Crippen molar-refractivity contribution in [3.63, 3.8) is 0 Å². The highest BCUT2D eigenvalue weighted by Crippen LogP contribution is 2.68. The molecule has 4 bridgehead atoms. The number of carbonyl (C=O) groups excluding carboxylic acids is 1. The van der Waals surface area contributed by atoms with Gasteiger partial charge in [0.15, 0.2) is 0 Å². The van der Waals surface area contributed by atoms with E-state index in [0.29, 0.717) is 42.8 Å². The van der Waals surface area contributed by atoms with Gasteiger partial charge >= 0.3 is 6.18 Å². The van der Waals surface area contributed by atoms with Crippen LogP contribution in [0, 0.1) is 22.7 Å². The molecule has 9 heteroatoms. The van der Waals surface area contributed by atoms with Gasteiger partial charge < -0.3 is 9.64 Å². The standard InChI is InChI=1S/C24H21F3N4O2/c25-24(26,27)23-6-4-22(13-23,5-7-23)21(32)31-12-17-9-19(31)18-11-29-10-15(20(18)33-17)1-2-16-3-8-28-14-30-16/h3,8,10-11,14,17,19H,4-7,9,12-13H2/t17-,19-,22?,23?/m0/s1. The Morgan fingerprint density at radius 3 is 2.67 bits per heavy atom. The highest BCUT2D eigenvalue weighted by atomic mass is 19.4. The van der Waals surface area contributed by atoms with Crippen LogP contribution in [0.4, 0.5) is 13.2 Å². The maximum absolute atomic E-state index is 13.7. The molecule has 2 aliphatic carbocycles. The average Bonchev–Trinajstić information content (AvgIpc) is 3.50. The zero-order valence-corrected chi connectivity index (χ0v) is 17.7. The number of aromatic nitrogens is 3. The molecular weight excluding hydrogens is 433 g/mol. The summed E-state index contributed by atoms with van der Waals surface area (Å²) >= 11 is 0. The molecule has 4 heterocycles.